The minimum absolute atomic E-state index is 0.0822. The molecule has 25 heavy (non-hydrogen) atoms. The highest BCUT2D eigenvalue weighted by Crippen LogP contribution is 2.32. The van der Waals surface area contributed by atoms with E-state index in [1.807, 2.05) is 20.8 Å². The van der Waals surface area contributed by atoms with Crippen LogP contribution in [0.25, 0.3) is 0 Å². The molecule has 0 aliphatic rings. The first-order chi connectivity index (χ1) is 11.6. The Kier molecular flexibility index (Phi) is 5.21. The van der Waals surface area contributed by atoms with Crippen LogP contribution in [-0.4, -0.2) is 32.3 Å². The molecule has 1 heterocycles. The molecule has 2 rings (SSSR count). The van der Waals surface area contributed by atoms with Crippen LogP contribution in [0.4, 0.5) is 5.69 Å². The van der Waals surface area contributed by atoms with E-state index in [0.29, 0.717) is 4.47 Å². The number of phenols is 1. The number of hydrazone groups is 1. The van der Waals surface area contributed by atoms with Gasteiger partial charge in [0.15, 0.2) is 5.69 Å². The summed E-state index contributed by atoms with van der Waals surface area (Å²) in [6.45, 7) is 5.93. The van der Waals surface area contributed by atoms with Gasteiger partial charge in [0, 0.05) is 27.2 Å². The van der Waals surface area contributed by atoms with Crippen LogP contribution in [0.3, 0.4) is 0 Å². The summed E-state index contributed by atoms with van der Waals surface area (Å²) in [6, 6.07) is 4.22. The number of nitro benzene ring substituents is 1. The van der Waals surface area contributed by atoms with E-state index in [2.05, 4.69) is 36.7 Å². The van der Waals surface area contributed by atoms with Crippen molar-refractivity contribution in [1.82, 2.24) is 15.6 Å². The summed E-state index contributed by atoms with van der Waals surface area (Å²) >= 11 is 3.12. The molecule has 0 spiro atoms. The first kappa shape index (κ1) is 18.6. The minimum atomic E-state index is -0.715. The minimum Gasteiger partial charge on any atom is -0.502 e. The van der Waals surface area contributed by atoms with Crippen LogP contribution in [0.15, 0.2) is 27.8 Å². The number of H-pyrrole nitrogens is 1. The van der Waals surface area contributed by atoms with Crippen molar-refractivity contribution >= 4 is 33.7 Å². The lowest BCUT2D eigenvalue weighted by atomic mass is 9.92. The van der Waals surface area contributed by atoms with E-state index in [-0.39, 0.29) is 16.7 Å². The zero-order valence-electron chi connectivity index (χ0n) is 13.7. The highest BCUT2D eigenvalue weighted by molar-refractivity contribution is 9.10. The van der Waals surface area contributed by atoms with Gasteiger partial charge in [-0.2, -0.15) is 10.2 Å². The monoisotopic (exact) mass is 409 g/mol. The van der Waals surface area contributed by atoms with E-state index in [4.69, 9.17) is 0 Å². The van der Waals surface area contributed by atoms with E-state index in [1.54, 1.807) is 6.07 Å². The number of aromatic hydroxyl groups is 1. The van der Waals surface area contributed by atoms with Crippen LogP contribution < -0.4 is 5.43 Å². The van der Waals surface area contributed by atoms with Crippen LogP contribution in [0.5, 0.6) is 5.75 Å². The molecular weight excluding hydrogens is 394 g/mol. The van der Waals surface area contributed by atoms with Gasteiger partial charge in [0.05, 0.1) is 11.1 Å². The van der Waals surface area contributed by atoms with Gasteiger partial charge in [-0.15, -0.1) is 0 Å². The molecule has 0 saturated heterocycles. The van der Waals surface area contributed by atoms with E-state index in [1.165, 1.54) is 12.1 Å². The second-order valence-corrected chi connectivity index (χ2v) is 7.15. The highest BCUT2D eigenvalue weighted by Gasteiger charge is 2.20. The first-order valence-electron chi connectivity index (χ1n) is 7.16. The number of amides is 1. The number of carbonyl (C=O) groups excluding carboxylic acids is 1. The Morgan fingerprint density at radius 3 is 2.68 bits per heavy atom. The van der Waals surface area contributed by atoms with E-state index in [9.17, 15) is 20.0 Å². The van der Waals surface area contributed by atoms with Gasteiger partial charge in [0.1, 0.15) is 0 Å². The molecule has 2 aromatic rings. The van der Waals surface area contributed by atoms with E-state index < -0.39 is 22.3 Å². The number of nitro groups is 1. The Balaban J connectivity index is 2.15. The maximum Gasteiger partial charge on any atom is 0.312 e. The number of hydrogen-bond acceptors (Lipinski definition) is 6. The van der Waals surface area contributed by atoms with Gasteiger partial charge in [-0.25, -0.2) is 5.43 Å². The number of carbonyl (C=O) groups is 1. The number of aromatic nitrogens is 2. The molecule has 10 heteroatoms. The fourth-order valence-corrected chi connectivity index (χ4v) is 2.35. The average Bonchev–Trinajstić information content (AvgIpc) is 3.00. The second-order valence-electron chi connectivity index (χ2n) is 6.24. The summed E-state index contributed by atoms with van der Waals surface area (Å²) < 4.78 is 0.395. The predicted octanol–water partition coefficient (Wildman–Crippen LogP) is 2.85. The summed E-state index contributed by atoms with van der Waals surface area (Å²) in [4.78, 5) is 22.2. The molecule has 0 atom stereocenters. The van der Waals surface area contributed by atoms with Gasteiger partial charge in [0.2, 0.25) is 5.75 Å². The highest BCUT2D eigenvalue weighted by atomic mass is 79.9. The number of aromatic amines is 1. The standard InChI is InChI=1S/C15H16BrN5O4/c1-15(2,3)12-6-10(18-19-12)14(23)20-17-7-8-4-9(16)5-11(13(8)22)21(24)25/h4-7,22H,1-3H3,(H,18,19)(H,20,23)/b17-7-. The lowest BCUT2D eigenvalue weighted by molar-refractivity contribution is -0.385. The van der Waals surface area contributed by atoms with Gasteiger partial charge < -0.3 is 5.11 Å². The molecule has 0 bridgehead atoms. The van der Waals surface area contributed by atoms with Gasteiger partial charge in [-0.05, 0) is 12.1 Å². The lowest BCUT2D eigenvalue weighted by Crippen LogP contribution is -2.18. The quantitative estimate of drug-likeness (QED) is 0.405. The Bertz CT molecular complexity index is 854. The molecule has 3 N–H and O–H groups in total. The number of hydrogen-bond donors (Lipinski definition) is 3. The third-order valence-corrected chi connectivity index (χ3v) is 3.73. The van der Waals surface area contributed by atoms with Crippen molar-refractivity contribution in [2.75, 3.05) is 0 Å². The third kappa shape index (κ3) is 4.41. The SMILES string of the molecule is CC(C)(C)c1cc(C(=O)N/N=C\c2cc(Br)cc([N+](=O)[O-])c2O)n[nH]1. The number of phenolic OH excluding ortho intramolecular Hbond substituents is 1. The molecule has 0 unspecified atom stereocenters. The van der Waals surface area contributed by atoms with Crippen LogP contribution in [-0.2, 0) is 5.41 Å². The molecule has 0 radical (unpaired) electrons. The fraction of sp³-hybridized carbons (Fsp3) is 0.267. The summed E-state index contributed by atoms with van der Waals surface area (Å²) in [7, 11) is 0. The van der Waals surface area contributed by atoms with Gasteiger partial charge in [-0.3, -0.25) is 20.0 Å². The van der Waals surface area contributed by atoms with Crippen molar-refractivity contribution in [1.29, 1.82) is 0 Å². The molecule has 1 aromatic carbocycles. The smallest absolute Gasteiger partial charge is 0.312 e. The zero-order chi connectivity index (χ0) is 18.8. The lowest BCUT2D eigenvalue weighted by Gasteiger charge is -2.14. The topological polar surface area (TPSA) is 134 Å². The third-order valence-electron chi connectivity index (χ3n) is 3.27. The molecular formula is C15H16BrN5O4. The number of rotatable bonds is 4. The molecule has 0 aliphatic heterocycles. The van der Waals surface area contributed by atoms with Crippen molar-refractivity contribution in [3.05, 3.63) is 49.7 Å². The van der Waals surface area contributed by atoms with Crippen molar-refractivity contribution in [2.45, 2.75) is 26.2 Å². The van der Waals surface area contributed by atoms with Crippen LogP contribution >= 0.6 is 15.9 Å². The second kappa shape index (κ2) is 7.01. The number of benzene rings is 1. The largest absolute Gasteiger partial charge is 0.502 e. The number of halogens is 1. The van der Waals surface area contributed by atoms with Gasteiger partial charge in [-0.1, -0.05) is 36.7 Å². The Morgan fingerprint density at radius 2 is 2.12 bits per heavy atom. The normalized spacial score (nSPS) is 11.7. The van der Waals surface area contributed by atoms with Crippen molar-refractivity contribution < 1.29 is 14.8 Å². The Hall–Kier alpha value is -2.75. The van der Waals surface area contributed by atoms with Crippen LogP contribution in [0.2, 0.25) is 0 Å². The molecule has 1 amide bonds. The number of nitrogens with zero attached hydrogens (tertiary/aromatic N) is 3. The summed E-state index contributed by atoms with van der Waals surface area (Å²) in [6.07, 6.45) is 1.11. The average molecular weight is 410 g/mol. The van der Waals surface area contributed by atoms with Gasteiger partial charge >= 0.3 is 5.69 Å². The molecule has 1 aromatic heterocycles. The first-order valence-corrected chi connectivity index (χ1v) is 7.95. The molecule has 0 saturated carbocycles. The van der Waals surface area contributed by atoms with E-state index >= 15 is 0 Å². The molecule has 9 nitrogen and oxygen atoms in total. The summed E-state index contributed by atoms with van der Waals surface area (Å²) in [5.74, 6) is -1.09. The van der Waals surface area contributed by atoms with Crippen molar-refractivity contribution in [2.24, 2.45) is 5.10 Å². The van der Waals surface area contributed by atoms with Crippen LogP contribution in [0.1, 0.15) is 42.5 Å². The Morgan fingerprint density at radius 1 is 1.44 bits per heavy atom. The zero-order valence-corrected chi connectivity index (χ0v) is 15.3. The predicted molar refractivity (Wildman–Crippen MR) is 94.8 cm³/mol. The number of nitrogens with one attached hydrogen (secondary N) is 2. The molecule has 0 fully saturated rings. The maximum absolute atomic E-state index is 12.0. The van der Waals surface area contributed by atoms with Crippen molar-refractivity contribution in [3.63, 3.8) is 0 Å². The summed E-state index contributed by atoms with van der Waals surface area (Å²) in [5.41, 5.74) is 2.64. The fourth-order valence-electron chi connectivity index (χ4n) is 1.88. The van der Waals surface area contributed by atoms with E-state index in [0.717, 1.165) is 11.9 Å². The molecule has 132 valence electrons. The van der Waals surface area contributed by atoms with Crippen molar-refractivity contribution in [3.8, 4) is 5.75 Å². The maximum atomic E-state index is 12.0. The summed E-state index contributed by atoms with van der Waals surface area (Å²) in [5, 5.41) is 31.2. The Labute approximate surface area is 151 Å². The molecule has 0 aliphatic carbocycles. The van der Waals surface area contributed by atoms with Crippen LogP contribution in [0, 0.1) is 10.1 Å². The van der Waals surface area contributed by atoms with Gasteiger partial charge in [0.25, 0.3) is 5.91 Å².